The highest BCUT2D eigenvalue weighted by Gasteiger charge is 2.12. The maximum Gasteiger partial charge on any atom is 0.171 e. The molecule has 2 N–H and O–H groups in total. The van der Waals surface area contributed by atoms with Gasteiger partial charge in [0.15, 0.2) is 5.11 Å². The predicted octanol–water partition coefficient (Wildman–Crippen LogP) is 4.19. The summed E-state index contributed by atoms with van der Waals surface area (Å²) in [5, 5.41) is 7.33. The summed E-state index contributed by atoms with van der Waals surface area (Å²) in [5.74, 6) is 0. The molecule has 1 heterocycles. The minimum Gasteiger partial charge on any atom is -0.378 e. The molecule has 1 aliphatic heterocycles. The summed E-state index contributed by atoms with van der Waals surface area (Å²) in [6.07, 6.45) is 0. The summed E-state index contributed by atoms with van der Waals surface area (Å²) in [7, 11) is 0. The molecule has 0 radical (unpaired) electrons. The normalized spacial score (nSPS) is 15.4. The number of morpholine rings is 1. The summed E-state index contributed by atoms with van der Waals surface area (Å²) >= 11 is 5.50. The molecule has 26 heavy (non-hydrogen) atoms. The van der Waals surface area contributed by atoms with E-state index in [9.17, 15) is 0 Å². The van der Waals surface area contributed by atoms with Crippen molar-refractivity contribution in [3.8, 4) is 0 Å². The lowest BCUT2D eigenvalue weighted by Crippen LogP contribution is -2.36. The highest BCUT2D eigenvalue weighted by Crippen LogP contribution is 2.21. The zero-order valence-corrected chi connectivity index (χ0v) is 16.5. The van der Waals surface area contributed by atoms with Crippen molar-refractivity contribution in [3.63, 3.8) is 0 Å². The first-order valence-electron chi connectivity index (χ1n) is 9.10. The van der Waals surface area contributed by atoms with Gasteiger partial charge in [0.1, 0.15) is 0 Å². The van der Waals surface area contributed by atoms with E-state index in [4.69, 9.17) is 17.0 Å². The standard InChI is InChI=1S/C21H27N3OS/c1-15-4-5-16(2)20(14-15)23-21(26)22-17(3)18-6-8-19(9-7-18)24-10-12-25-13-11-24/h4-9,14,17H,10-13H2,1-3H3,(H2,22,23,26)/t17-/m1/s1. The summed E-state index contributed by atoms with van der Waals surface area (Å²) in [6, 6.07) is 15.2. The SMILES string of the molecule is Cc1ccc(C)c(NC(=S)N[C@H](C)c2ccc(N3CCOCC3)cc2)c1. The molecule has 0 unspecified atom stereocenters. The zero-order valence-electron chi connectivity index (χ0n) is 15.7. The van der Waals surface area contributed by atoms with E-state index in [1.807, 2.05) is 0 Å². The van der Waals surface area contributed by atoms with E-state index in [2.05, 4.69) is 78.8 Å². The van der Waals surface area contributed by atoms with Crippen LogP contribution in [0.15, 0.2) is 42.5 Å². The third kappa shape index (κ3) is 4.74. The molecule has 1 aliphatic rings. The molecule has 0 spiro atoms. The molecule has 2 aromatic rings. The van der Waals surface area contributed by atoms with E-state index >= 15 is 0 Å². The Morgan fingerprint density at radius 1 is 1.08 bits per heavy atom. The van der Waals surface area contributed by atoms with Crippen LogP contribution in [0.3, 0.4) is 0 Å². The van der Waals surface area contributed by atoms with Crippen LogP contribution >= 0.6 is 12.2 Å². The van der Waals surface area contributed by atoms with Gasteiger partial charge >= 0.3 is 0 Å². The van der Waals surface area contributed by atoms with Gasteiger partial charge in [0, 0.05) is 24.5 Å². The Kier molecular flexibility index (Phi) is 6.12. The molecular formula is C21H27N3OS. The summed E-state index contributed by atoms with van der Waals surface area (Å²) in [6.45, 7) is 9.81. The highest BCUT2D eigenvalue weighted by molar-refractivity contribution is 7.80. The van der Waals surface area contributed by atoms with Crippen LogP contribution in [0.5, 0.6) is 0 Å². The fourth-order valence-electron chi connectivity index (χ4n) is 3.10. The van der Waals surface area contributed by atoms with Crippen LogP contribution in [-0.4, -0.2) is 31.4 Å². The molecule has 0 bridgehead atoms. The molecule has 138 valence electrons. The number of anilines is 2. The second-order valence-corrected chi connectivity index (χ2v) is 7.24. The molecule has 2 aromatic carbocycles. The van der Waals surface area contributed by atoms with Crippen LogP contribution in [-0.2, 0) is 4.74 Å². The van der Waals surface area contributed by atoms with Crippen molar-refractivity contribution in [3.05, 3.63) is 59.2 Å². The number of benzene rings is 2. The van der Waals surface area contributed by atoms with Gasteiger partial charge in [-0.15, -0.1) is 0 Å². The second-order valence-electron chi connectivity index (χ2n) is 6.83. The fraction of sp³-hybridized carbons (Fsp3) is 0.381. The maximum atomic E-state index is 5.50. The number of ether oxygens (including phenoxy) is 1. The molecule has 0 aliphatic carbocycles. The smallest absolute Gasteiger partial charge is 0.171 e. The van der Waals surface area contributed by atoms with Crippen molar-refractivity contribution >= 4 is 28.7 Å². The van der Waals surface area contributed by atoms with Crippen LogP contribution in [0.1, 0.15) is 29.7 Å². The van der Waals surface area contributed by atoms with Gasteiger partial charge in [-0.05, 0) is 67.9 Å². The minimum absolute atomic E-state index is 0.138. The van der Waals surface area contributed by atoms with Gasteiger partial charge in [0.2, 0.25) is 0 Å². The second kappa shape index (κ2) is 8.52. The molecule has 4 nitrogen and oxygen atoms in total. The van der Waals surface area contributed by atoms with Crippen LogP contribution in [0.2, 0.25) is 0 Å². The van der Waals surface area contributed by atoms with Gasteiger partial charge in [-0.3, -0.25) is 0 Å². The lowest BCUT2D eigenvalue weighted by molar-refractivity contribution is 0.122. The van der Waals surface area contributed by atoms with E-state index < -0.39 is 0 Å². The minimum atomic E-state index is 0.138. The third-order valence-electron chi connectivity index (χ3n) is 4.76. The van der Waals surface area contributed by atoms with Gasteiger partial charge < -0.3 is 20.3 Å². The van der Waals surface area contributed by atoms with E-state index in [1.165, 1.54) is 22.4 Å². The van der Waals surface area contributed by atoms with Gasteiger partial charge in [-0.1, -0.05) is 24.3 Å². The molecule has 3 rings (SSSR count). The maximum absolute atomic E-state index is 5.50. The largest absolute Gasteiger partial charge is 0.378 e. The molecule has 0 saturated carbocycles. The van der Waals surface area contributed by atoms with Crippen molar-refractivity contribution in [1.82, 2.24) is 5.32 Å². The van der Waals surface area contributed by atoms with Crippen LogP contribution in [0.25, 0.3) is 0 Å². The number of nitrogens with zero attached hydrogens (tertiary/aromatic N) is 1. The van der Waals surface area contributed by atoms with Gasteiger partial charge in [0.25, 0.3) is 0 Å². The third-order valence-corrected chi connectivity index (χ3v) is 4.98. The number of nitrogens with one attached hydrogen (secondary N) is 2. The number of rotatable bonds is 4. The van der Waals surface area contributed by atoms with Crippen LogP contribution < -0.4 is 15.5 Å². The number of hydrogen-bond acceptors (Lipinski definition) is 3. The van der Waals surface area contributed by atoms with Crippen molar-refractivity contribution < 1.29 is 4.74 Å². The fourth-order valence-corrected chi connectivity index (χ4v) is 3.39. The molecule has 1 saturated heterocycles. The monoisotopic (exact) mass is 369 g/mol. The lowest BCUT2D eigenvalue weighted by atomic mass is 10.1. The van der Waals surface area contributed by atoms with Crippen molar-refractivity contribution in [2.45, 2.75) is 26.8 Å². The van der Waals surface area contributed by atoms with Gasteiger partial charge in [0.05, 0.1) is 19.3 Å². The molecule has 0 aromatic heterocycles. The number of hydrogen-bond donors (Lipinski definition) is 2. The van der Waals surface area contributed by atoms with Gasteiger partial charge in [-0.25, -0.2) is 0 Å². The first kappa shape index (κ1) is 18.7. The first-order valence-corrected chi connectivity index (χ1v) is 9.51. The summed E-state index contributed by atoms with van der Waals surface area (Å²) in [4.78, 5) is 2.36. The Hall–Kier alpha value is -2.11. The Balaban J connectivity index is 1.59. The molecule has 1 fully saturated rings. The van der Waals surface area contributed by atoms with Gasteiger partial charge in [-0.2, -0.15) is 0 Å². The predicted molar refractivity (Wildman–Crippen MR) is 113 cm³/mol. The Bertz CT molecular complexity index is 754. The first-order chi connectivity index (χ1) is 12.5. The lowest BCUT2D eigenvalue weighted by Gasteiger charge is -2.29. The average molecular weight is 370 g/mol. The van der Waals surface area contributed by atoms with Crippen molar-refractivity contribution in [2.75, 3.05) is 36.5 Å². The summed E-state index contributed by atoms with van der Waals surface area (Å²) < 4.78 is 5.42. The van der Waals surface area contributed by atoms with Crippen molar-refractivity contribution in [1.29, 1.82) is 0 Å². The van der Waals surface area contributed by atoms with E-state index in [0.717, 1.165) is 32.0 Å². The van der Waals surface area contributed by atoms with Crippen molar-refractivity contribution in [2.24, 2.45) is 0 Å². The number of aryl methyl sites for hydroxylation is 2. The zero-order chi connectivity index (χ0) is 18.5. The Morgan fingerprint density at radius 2 is 1.77 bits per heavy atom. The molecule has 0 amide bonds. The topological polar surface area (TPSA) is 36.5 Å². The summed E-state index contributed by atoms with van der Waals surface area (Å²) in [5.41, 5.74) is 5.92. The molecular weight excluding hydrogens is 342 g/mol. The molecule has 1 atom stereocenters. The van der Waals surface area contributed by atoms with Crippen LogP contribution in [0, 0.1) is 13.8 Å². The average Bonchev–Trinajstić information content (AvgIpc) is 2.65. The molecule has 5 heteroatoms. The van der Waals surface area contributed by atoms with E-state index in [-0.39, 0.29) is 6.04 Å². The number of thiocarbonyl (C=S) groups is 1. The van der Waals surface area contributed by atoms with E-state index in [0.29, 0.717) is 5.11 Å². The highest BCUT2D eigenvalue weighted by atomic mass is 32.1. The Labute approximate surface area is 161 Å². The quantitative estimate of drug-likeness (QED) is 0.791. The van der Waals surface area contributed by atoms with E-state index in [1.54, 1.807) is 0 Å². The Morgan fingerprint density at radius 3 is 2.46 bits per heavy atom. The van der Waals surface area contributed by atoms with Crippen LogP contribution in [0.4, 0.5) is 11.4 Å².